The van der Waals surface area contributed by atoms with Gasteiger partial charge in [-0.3, -0.25) is 14.9 Å². The molecule has 0 aromatic carbocycles. The fraction of sp³-hybridized carbons (Fsp3) is 0.600. The fourth-order valence-electron chi connectivity index (χ4n) is 2.72. The third kappa shape index (κ3) is 4.82. The second-order valence-electron chi connectivity index (χ2n) is 5.61. The van der Waals surface area contributed by atoms with Gasteiger partial charge in [0.05, 0.1) is 4.92 Å². The summed E-state index contributed by atoms with van der Waals surface area (Å²) in [4.78, 5) is 28.1. The van der Waals surface area contributed by atoms with E-state index in [4.69, 9.17) is 0 Å². The minimum absolute atomic E-state index is 0.0368. The molecule has 1 aliphatic heterocycles. The van der Waals surface area contributed by atoms with E-state index in [0.29, 0.717) is 24.7 Å². The predicted octanol–water partition coefficient (Wildman–Crippen LogP) is 2.14. The van der Waals surface area contributed by atoms with E-state index >= 15 is 0 Å². The Labute approximate surface area is 140 Å². The van der Waals surface area contributed by atoms with Crippen molar-refractivity contribution in [1.82, 2.24) is 10.3 Å². The summed E-state index contributed by atoms with van der Waals surface area (Å²) in [7, 11) is 0. The topological polar surface area (TPSA) is 88.4 Å². The number of carbonyl (C=O) groups is 1. The number of nitrogens with zero attached hydrogens (tertiary/aromatic N) is 3. The molecule has 1 amide bonds. The number of aromatic nitrogens is 1. The predicted molar refractivity (Wildman–Crippen MR) is 92.0 cm³/mol. The lowest BCUT2D eigenvalue weighted by molar-refractivity contribution is -0.385. The number of rotatable bonds is 6. The molecule has 0 saturated carbocycles. The van der Waals surface area contributed by atoms with Crippen molar-refractivity contribution in [1.29, 1.82) is 0 Å². The molecule has 0 spiro atoms. The molecule has 1 aromatic heterocycles. The molecule has 0 aliphatic carbocycles. The van der Waals surface area contributed by atoms with Crippen LogP contribution in [0.15, 0.2) is 12.3 Å². The first kappa shape index (κ1) is 17.5. The molecule has 0 radical (unpaired) electrons. The Morgan fingerprint density at radius 1 is 1.52 bits per heavy atom. The molecule has 2 heterocycles. The molecule has 0 atom stereocenters. The second kappa shape index (κ2) is 8.14. The quantitative estimate of drug-likeness (QED) is 0.631. The van der Waals surface area contributed by atoms with Crippen LogP contribution in [0.3, 0.4) is 0 Å². The van der Waals surface area contributed by atoms with Gasteiger partial charge in [0.15, 0.2) is 0 Å². The highest BCUT2D eigenvalue weighted by atomic mass is 32.2. The van der Waals surface area contributed by atoms with E-state index in [1.807, 2.05) is 11.8 Å². The molecule has 23 heavy (non-hydrogen) atoms. The molecule has 1 N–H and O–H groups in total. The summed E-state index contributed by atoms with van der Waals surface area (Å²) in [5.41, 5.74) is 0.643. The number of pyridine rings is 1. The molecule has 7 nitrogen and oxygen atoms in total. The summed E-state index contributed by atoms with van der Waals surface area (Å²) in [5.74, 6) is 2.90. The first-order chi connectivity index (χ1) is 11.0. The number of carbonyl (C=O) groups excluding carboxylic acids is 1. The lowest BCUT2D eigenvalue weighted by atomic mass is 10.1. The van der Waals surface area contributed by atoms with E-state index in [1.165, 1.54) is 13.1 Å². The van der Waals surface area contributed by atoms with Gasteiger partial charge < -0.3 is 10.2 Å². The maximum absolute atomic E-state index is 11.1. The van der Waals surface area contributed by atoms with Crippen LogP contribution in [0.2, 0.25) is 0 Å². The van der Waals surface area contributed by atoms with Crippen molar-refractivity contribution in [3.63, 3.8) is 0 Å². The van der Waals surface area contributed by atoms with Gasteiger partial charge in [-0.25, -0.2) is 4.98 Å². The van der Waals surface area contributed by atoms with Crippen LogP contribution >= 0.6 is 11.8 Å². The van der Waals surface area contributed by atoms with Crippen molar-refractivity contribution in [2.45, 2.75) is 32.7 Å². The van der Waals surface area contributed by atoms with Crippen LogP contribution in [0.4, 0.5) is 11.5 Å². The van der Waals surface area contributed by atoms with E-state index in [-0.39, 0.29) is 11.6 Å². The molecule has 1 aliphatic rings. The molecular weight excluding hydrogens is 316 g/mol. The third-order valence-corrected chi connectivity index (χ3v) is 4.97. The van der Waals surface area contributed by atoms with E-state index in [2.05, 4.69) is 15.2 Å². The Morgan fingerprint density at radius 2 is 2.22 bits per heavy atom. The van der Waals surface area contributed by atoms with Crippen LogP contribution in [0.25, 0.3) is 0 Å². The van der Waals surface area contributed by atoms with Crippen LogP contribution in [-0.2, 0) is 4.79 Å². The van der Waals surface area contributed by atoms with E-state index in [0.717, 1.165) is 30.2 Å². The van der Waals surface area contributed by atoms with Crippen molar-refractivity contribution >= 4 is 29.2 Å². The minimum Gasteiger partial charge on any atom is -0.355 e. The lowest BCUT2D eigenvalue weighted by Crippen LogP contribution is -2.43. The van der Waals surface area contributed by atoms with Gasteiger partial charge in [0, 0.05) is 31.6 Å². The van der Waals surface area contributed by atoms with Crippen molar-refractivity contribution in [2.75, 3.05) is 29.5 Å². The van der Waals surface area contributed by atoms with Gasteiger partial charge in [0.25, 0.3) is 5.69 Å². The Kier molecular flexibility index (Phi) is 6.20. The van der Waals surface area contributed by atoms with Gasteiger partial charge in [0.1, 0.15) is 12.0 Å². The summed E-state index contributed by atoms with van der Waals surface area (Å²) < 4.78 is 0. The van der Waals surface area contributed by atoms with Gasteiger partial charge >= 0.3 is 0 Å². The summed E-state index contributed by atoms with van der Waals surface area (Å²) in [6.07, 6.45) is 3.44. The largest absolute Gasteiger partial charge is 0.355 e. The Balaban J connectivity index is 2.19. The highest BCUT2D eigenvalue weighted by Gasteiger charge is 2.24. The highest BCUT2D eigenvalue weighted by molar-refractivity contribution is 7.99. The summed E-state index contributed by atoms with van der Waals surface area (Å²) in [5, 5.41) is 13.8. The van der Waals surface area contributed by atoms with Gasteiger partial charge in [-0.1, -0.05) is 0 Å². The normalized spacial score (nSPS) is 15.2. The average molecular weight is 338 g/mol. The maximum Gasteiger partial charge on any atom is 0.290 e. The zero-order valence-electron chi connectivity index (χ0n) is 13.4. The maximum atomic E-state index is 11.1. The molecule has 1 fully saturated rings. The van der Waals surface area contributed by atoms with Crippen LogP contribution in [0.5, 0.6) is 0 Å². The van der Waals surface area contributed by atoms with E-state index < -0.39 is 4.92 Å². The van der Waals surface area contributed by atoms with Crippen LogP contribution < -0.4 is 10.2 Å². The molecule has 8 heteroatoms. The average Bonchev–Trinajstić information content (AvgIpc) is 2.51. The number of nitrogens with one attached hydrogen (secondary N) is 1. The number of hydrogen-bond donors (Lipinski definition) is 1. The van der Waals surface area contributed by atoms with Gasteiger partial charge in [-0.15, -0.1) is 0 Å². The zero-order valence-corrected chi connectivity index (χ0v) is 14.3. The van der Waals surface area contributed by atoms with Crippen molar-refractivity contribution in [3.05, 3.63) is 27.9 Å². The molecule has 126 valence electrons. The molecule has 0 unspecified atom stereocenters. The number of hydrogen-bond acceptors (Lipinski definition) is 6. The van der Waals surface area contributed by atoms with Crippen molar-refractivity contribution in [3.8, 4) is 0 Å². The number of anilines is 1. The van der Waals surface area contributed by atoms with Crippen LogP contribution in [0, 0.1) is 17.0 Å². The van der Waals surface area contributed by atoms with Crippen molar-refractivity contribution < 1.29 is 9.72 Å². The number of aryl methyl sites for hydroxylation is 1. The van der Waals surface area contributed by atoms with Gasteiger partial charge in [0.2, 0.25) is 5.91 Å². The number of amides is 1. The first-order valence-corrected chi connectivity index (χ1v) is 8.84. The third-order valence-electron chi connectivity index (χ3n) is 3.92. The SMILES string of the molecule is CC(=O)NCCN(c1cc(C)c([N+](=O)[O-])cn1)C1CCSCC1. The zero-order chi connectivity index (χ0) is 16.8. The Bertz CT molecular complexity index is 576. The molecule has 2 rings (SSSR count). The Hall–Kier alpha value is -1.83. The molecule has 1 saturated heterocycles. The standard InChI is InChI=1S/C15H22N4O3S/c1-11-9-15(17-10-14(11)19(21)22)18(6-5-16-12(2)20)13-3-7-23-8-4-13/h9-10,13H,3-8H2,1-2H3,(H,16,20). The second-order valence-corrected chi connectivity index (χ2v) is 6.83. The number of thioether (sulfide) groups is 1. The van der Waals surface area contributed by atoms with Gasteiger partial charge in [-0.05, 0) is 37.3 Å². The highest BCUT2D eigenvalue weighted by Crippen LogP contribution is 2.27. The smallest absolute Gasteiger partial charge is 0.290 e. The molecular formula is C15H22N4O3S. The molecule has 1 aromatic rings. The Morgan fingerprint density at radius 3 is 2.78 bits per heavy atom. The van der Waals surface area contributed by atoms with E-state index in [9.17, 15) is 14.9 Å². The minimum atomic E-state index is -0.412. The van der Waals surface area contributed by atoms with E-state index in [1.54, 1.807) is 13.0 Å². The van der Waals surface area contributed by atoms with Crippen LogP contribution in [0.1, 0.15) is 25.3 Å². The summed E-state index contributed by atoms with van der Waals surface area (Å²) >= 11 is 1.94. The molecule has 0 bridgehead atoms. The summed E-state index contributed by atoms with van der Waals surface area (Å²) in [6, 6.07) is 2.13. The first-order valence-electron chi connectivity index (χ1n) is 7.69. The van der Waals surface area contributed by atoms with Gasteiger partial charge in [-0.2, -0.15) is 11.8 Å². The lowest BCUT2D eigenvalue weighted by Gasteiger charge is -2.35. The monoisotopic (exact) mass is 338 g/mol. The number of nitro groups is 1. The van der Waals surface area contributed by atoms with Crippen molar-refractivity contribution in [2.24, 2.45) is 0 Å². The fourth-order valence-corrected chi connectivity index (χ4v) is 3.80. The van der Waals surface area contributed by atoms with Crippen LogP contribution in [-0.4, -0.2) is 46.5 Å². The summed E-state index contributed by atoms with van der Waals surface area (Å²) in [6.45, 7) is 4.41.